The summed E-state index contributed by atoms with van der Waals surface area (Å²) in [5.74, 6) is 0.331. The molecule has 1 saturated heterocycles. The van der Waals surface area contributed by atoms with Gasteiger partial charge in [-0.2, -0.15) is 0 Å². The van der Waals surface area contributed by atoms with E-state index in [1.165, 1.54) is 11.6 Å². The Bertz CT molecular complexity index is 934. The molecule has 3 heterocycles. The van der Waals surface area contributed by atoms with Crippen molar-refractivity contribution in [3.63, 3.8) is 0 Å². The lowest BCUT2D eigenvalue weighted by Crippen LogP contribution is -2.32. The number of likely N-dealkylation sites (tertiary alicyclic amines) is 1. The van der Waals surface area contributed by atoms with Crippen LogP contribution in [0.1, 0.15) is 31.5 Å². The fourth-order valence-corrected chi connectivity index (χ4v) is 3.02. The van der Waals surface area contributed by atoms with Crippen LogP contribution in [0, 0.1) is 0 Å². The van der Waals surface area contributed by atoms with E-state index in [-0.39, 0.29) is 29.4 Å². The molecule has 140 valence electrons. The Kier molecular flexibility index (Phi) is 5.19. The van der Waals surface area contributed by atoms with Gasteiger partial charge in [-0.3, -0.25) is 23.9 Å². The lowest BCUT2D eigenvalue weighted by atomic mass is 10.2. The minimum absolute atomic E-state index is 0.0697. The standard InChI is InChI=1S/C16H22N6O4/c1-21-14-13(15(25)20-16(21)26)18-10(19-14)4-5-11(23)17-7-6-12(24)22-8-2-3-9-22/h2-9H2,1H3,(H,17,23)(H,18,19)(H,20,25,26). The first-order valence-corrected chi connectivity index (χ1v) is 8.68. The summed E-state index contributed by atoms with van der Waals surface area (Å²) in [6, 6.07) is 0. The number of amides is 2. The second-order valence-electron chi connectivity index (χ2n) is 6.39. The molecule has 3 N–H and O–H groups in total. The predicted octanol–water partition coefficient (Wildman–Crippen LogP) is -0.989. The number of hydrogen-bond acceptors (Lipinski definition) is 5. The van der Waals surface area contributed by atoms with E-state index in [9.17, 15) is 19.2 Å². The van der Waals surface area contributed by atoms with Crippen molar-refractivity contribution in [1.29, 1.82) is 0 Å². The highest BCUT2D eigenvalue weighted by molar-refractivity contribution is 5.79. The van der Waals surface area contributed by atoms with Crippen molar-refractivity contribution in [1.82, 2.24) is 29.7 Å². The van der Waals surface area contributed by atoms with Crippen LogP contribution in [0.3, 0.4) is 0 Å². The van der Waals surface area contributed by atoms with E-state index < -0.39 is 11.2 Å². The summed E-state index contributed by atoms with van der Waals surface area (Å²) in [5.41, 5.74) is -0.614. The zero-order chi connectivity index (χ0) is 18.7. The number of H-pyrrole nitrogens is 2. The third-order valence-corrected chi connectivity index (χ3v) is 4.51. The summed E-state index contributed by atoms with van der Waals surface area (Å²) >= 11 is 0. The maximum atomic E-state index is 11.9. The van der Waals surface area contributed by atoms with Gasteiger partial charge in [-0.05, 0) is 12.8 Å². The summed E-state index contributed by atoms with van der Waals surface area (Å²) < 4.78 is 1.24. The van der Waals surface area contributed by atoms with Crippen molar-refractivity contribution in [3.8, 4) is 0 Å². The van der Waals surface area contributed by atoms with Crippen LogP contribution in [0.2, 0.25) is 0 Å². The lowest BCUT2D eigenvalue weighted by Gasteiger charge is -2.15. The fraction of sp³-hybridized carbons (Fsp3) is 0.562. The lowest BCUT2D eigenvalue weighted by molar-refractivity contribution is -0.130. The number of aromatic nitrogens is 4. The predicted molar refractivity (Wildman–Crippen MR) is 93.7 cm³/mol. The van der Waals surface area contributed by atoms with Crippen LogP contribution < -0.4 is 16.6 Å². The van der Waals surface area contributed by atoms with Gasteiger partial charge in [0.15, 0.2) is 5.65 Å². The van der Waals surface area contributed by atoms with Gasteiger partial charge in [0.25, 0.3) is 5.56 Å². The highest BCUT2D eigenvalue weighted by Crippen LogP contribution is 2.08. The van der Waals surface area contributed by atoms with Crippen LogP contribution in [-0.2, 0) is 23.1 Å². The Balaban J connectivity index is 1.50. The third kappa shape index (κ3) is 3.84. The summed E-state index contributed by atoms with van der Waals surface area (Å²) in [6.45, 7) is 1.92. The summed E-state index contributed by atoms with van der Waals surface area (Å²) in [7, 11) is 1.51. The number of hydrogen-bond donors (Lipinski definition) is 3. The fourth-order valence-electron chi connectivity index (χ4n) is 3.02. The number of carbonyl (C=O) groups excluding carboxylic acids is 2. The number of nitrogens with one attached hydrogen (secondary N) is 3. The van der Waals surface area contributed by atoms with Crippen LogP contribution in [0.4, 0.5) is 0 Å². The minimum atomic E-state index is -0.541. The SMILES string of the molecule is Cn1c(=O)[nH]c(=O)c2[nH]c(CCC(=O)NCCC(=O)N3CCCC3)nc21. The Morgan fingerprint density at radius 3 is 2.62 bits per heavy atom. The van der Waals surface area contributed by atoms with Gasteiger partial charge in [0.2, 0.25) is 11.8 Å². The molecule has 0 saturated carbocycles. The van der Waals surface area contributed by atoms with Crippen LogP contribution >= 0.6 is 0 Å². The number of aryl methyl sites for hydroxylation is 2. The van der Waals surface area contributed by atoms with Crippen LogP contribution in [-0.4, -0.2) is 55.9 Å². The summed E-state index contributed by atoms with van der Waals surface area (Å²) in [4.78, 5) is 58.2. The van der Waals surface area contributed by atoms with Crippen molar-refractivity contribution in [2.24, 2.45) is 7.05 Å². The zero-order valence-corrected chi connectivity index (χ0v) is 14.6. The number of carbonyl (C=O) groups is 2. The molecule has 2 aromatic heterocycles. The van der Waals surface area contributed by atoms with Gasteiger partial charge >= 0.3 is 5.69 Å². The first-order valence-electron chi connectivity index (χ1n) is 8.68. The average molecular weight is 362 g/mol. The highest BCUT2D eigenvalue weighted by Gasteiger charge is 2.17. The molecule has 0 aliphatic carbocycles. The van der Waals surface area contributed by atoms with Gasteiger partial charge in [0.1, 0.15) is 11.3 Å². The van der Waals surface area contributed by atoms with Crippen LogP contribution in [0.25, 0.3) is 11.2 Å². The molecule has 0 unspecified atom stereocenters. The monoisotopic (exact) mass is 362 g/mol. The molecule has 0 bridgehead atoms. The summed E-state index contributed by atoms with van der Waals surface area (Å²) in [5, 5.41) is 2.72. The molecule has 10 nitrogen and oxygen atoms in total. The van der Waals surface area contributed by atoms with Gasteiger partial charge in [0.05, 0.1) is 0 Å². The number of imidazole rings is 1. The molecule has 0 atom stereocenters. The zero-order valence-electron chi connectivity index (χ0n) is 14.6. The number of rotatable bonds is 6. The molecule has 0 aromatic carbocycles. The Hall–Kier alpha value is -2.91. The van der Waals surface area contributed by atoms with E-state index in [2.05, 4.69) is 20.3 Å². The van der Waals surface area contributed by atoms with Crippen molar-refractivity contribution >= 4 is 23.0 Å². The van der Waals surface area contributed by atoms with Crippen molar-refractivity contribution < 1.29 is 9.59 Å². The highest BCUT2D eigenvalue weighted by atomic mass is 16.2. The number of fused-ring (bicyclic) bond motifs is 1. The summed E-state index contributed by atoms with van der Waals surface area (Å²) in [6.07, 6.45) is 2.86. The Morgan fingerprint density at radius 2 is 1.88 bits per heavy atom. The first-order chi connectivity index (χ1) is 12.5. The maximum Gasteiger partial charge on any atom is 0.329 e. The van der Waals surface area contributed by atoms with Gasteiger partial charge in [-0.1, -0.05) is 0 Å². The number of nitrogens with zero attached hydrogens (tertiary/aromatic N) is 3. The van der Waals surface area contributed by atoms with E-state index in [0.29, 0.717) is 25.2 Å². The molecule has 10 heteroatoms. The first kappa shape index (κ1) is 17.9. The van der Waals surface area contributed by atoms with E-state index in [0.717, 1.165) is 25.9 Å². The Morgan fingerprint density at radius 1 is 1.15 bits per heavy atom. The van der Waals surface area contributed by atoms with Crippen molar-refractivity contribution in [2.45, 2.75) is 32.1 Å². The van der Waals surface area contributed by atoms with Crippen LogP contribution in [0.5, 0.6) is 0 Å². The molecule has 2 aromatic rings. The molecule has 3 rings (SSSR count). The van der Waals surface area contributed by atoms with Crippen LogP contribution in [0.15, 0.2) is 9.59 Å². The molecular weight excluding hydrogens is 340 g/mol. The average Bonchev–Trinajstić information content (AvgIpc) is 3.28. The molecule has 0 spiro atoms. The molecule has 1 aliphatic rings. The molecule has 0 radical (unpaired) electrons. The van der Waals surface area contributed by atoms with E-state index in [1.54, 1.807) is 0 Å². The topological polar surface area (TPSA) is 133 Å². The molecular formula is C16H22N6O4. The molecule has 1 fully saturated rings. The second-order valence-corrected chi connectivity index (χ2v) is 6.39. The van der Waals surface area contributed by atoms with E-state index >= 15 is 0 Å². The van der Waals surface area contributed by atoms with Gasteiger partial charge in [0, 0.05) is 45.9 Å². The molecule has 26 heavy (non-hydrogen) atoms. The van der Waals surface area contributed by atoms with E-state index in [4.69, 9.17) is 0 Å². The molecule has 1 aliphatic heterocycles. The quantitative estimate of drug-likeness (QED) is 0.607. The minimum Gasteiger partial charge on any atom is -0.356 e. The maximum absolute atomic E-state index is 11.9. The second kappa shape index (κ2) is 7.54. The normalized spacial score (nSPS) is 14.1. The van der Waals surface area contributed by atoms with Gasteiger partial charge in [-0.25, -0.2) is 9.78 Å². The largest absolute Gasteiger partial charge is 0.356 e. The van der Waals surface area contributed by atoms with Gasteiger partial charge in [-0.15, -0.1) is 0 Å². The molecule has 2 amide bonds. The van der Waals surface area contributed by atoms with Crippen molar-refractivity contribution in [2.75, 3.05) is 19.6 Å². The Labute approximate surface area is 148 Å². The third-order valence-electron chi connectivity index (χ3n) is 4.51. The van der Waals surface area contributed by atoms with E-state index in [1.807, 2.05) is 4.90 Å². The smallest absolute Gasteiger partial charge is 0.329 e. The van der Waals surface area contributed by atoms with Gasteiger partial charge < -0.3 is 15.2 Å². The number of aromatic amines is 2. The van der Waals surface area contributed by atoms with Crippen molar-refractivity contribution in [3.05, 3.63) is 26.7 Å².